The summed E-state index contributed by atoms with van der Waals surface area (Å²) in [5.74, 6) is -0.218. The highest BCUT2D eigenvalue weighted by Gasteiger charge is 2.35. The topological polar surface area (TPSA) is 62.8 Å². The van der Waals surface area contributed by atoms with Crippen molar-refractivity contribution in [3.8, 4) is 11.5 Å². The van der Waals surface area contributed by atoms with Crippen molar-refractivity contribution in [3.05, 3.63) is 12.1 Å². The number of hydrogen-bond acceptors (Lipinski definition) is 7. The maximum absolute atomic E-state index is 13.7. The molecule has 4 rings (SSSR count). The fourth-order valence-corrected chi connectivity index (χ4v) is 4.43. The number of piperidine rings is 1. The molecule has 0 aliphatic carbocycles. The number of aromatic nitrogens is 2. The molecular formula is C24H35F2N5O2. The van der Waals surface area contributed by atoms with Gasteiger partial charge in [0.1, 0.15) is 5.82 Å². The molecule has 2 aliphatic heterocycles. The minimum Gasteiger partial charge on any atom is -0.493 e. The molecule has 0 amide bonds. The number of ether oxygens (including phenoxy) is 2. The van der Waals surface area contributed by atoms with E-state index in [1.54, 1.807) is 7.11 Å². The molecular weight excluding hydrogens is 428 g/mol. The van der Waals surface area contributed by atoms with Gasteiger partial charge in [0.25, 0.3) is 5.92 Å². The summed E-state index contributed by atoms with van der Waals surface area (Å²) in [5.41, 5.74) is 0.704. The first-order valence-electron chi connectivity index (χ1n) is 12.0. The number of fused-ring (bicyclic) bond motifs is 1. The number of likely N-dealkylation sites (tertiary alicyclic amines) is 1. The maximum atomic E-state index is 13.7. The number of rotatable bonds is 9. The number of anilines is 2. The van der Waals surface area contributed by atoms with Crippen LogP contribution in [-0.4, -0.2) is 73.3 Å². The van der Waals surface area contributed by atoms with E-state index in [-0.39, 0.29) is 32.0 Å². The Morgan fingerprint density at radius 3 is 2.45 bits per heavy atom. The third-order valence-electron chi connectivity index (χ3n) is 6.25. The summed E-state index contributed by atoms with van der Waals surface area (Å²) in [6.45, 7) is 8.50. The summed E-state index contributed by atoms with van der Waals surface area (Å²) in [6.07, 6.45) is 3.13. The molecule has 3 heterocycles. The van der Waals surface area contributed by atoms with Gasteiger partial charge in [-0.3, -0.25) is 0 Å². The average Bonchev–Trinajstić information content (AvgIpc) is 3.29. The smallest absolute Gasteiger partial charge is 0.251 e. The minimum atomic E-state index is -2.62. The van der Waals surface area contributed by atoms with Crippen molar-refractivity contribution in [2.45, 2.75) is 57.9 Å². The van der Waals surface area contributed by atoms with Crippen molar-refractivity contribution >= 4 is 22.7 Å². The Labute approximate surface area is 194 Å². The standard InChI is InChI=1S/C24H35F2N5O2/c1-17(2)27-22-18-15-20(32-3)21(33-14-6-11-30-9-4-5-10-30)16-19(18)28-23(29-22)31-12-7-24(25,26)8-13-31/h15-17H,4-14H2,1-3H3,(H,27,28,29). The van der Waals surface area contributed by atoms with Crippen LogP contribution in [0.5, 0.6) is 11.5 Å². The first-order chi connectivity index (χ1) is 15.8. The Morgan fingerprint density at radius 1 is 1.06 bits per heavy atom. The zero-order chi connectivity index (χ0) is 23.4. The highest BCUT2D eigenvalue weighted by molar-refractivity contribution is 5.92. The highest BCUT2D eigenvalue weighted by atomic mass is 19.3. The Bertz CT molecular complexity index is 940. The predicted octanol–water partition coefficient (Wildman–Crippen LogP) is 4.56. The molecule has 9 heteroatoms. The molecule has 1 aromatic carbocycles. The van der Waals surface area contributed by atoms with Crippen molar-refractivity contribution < 1.29 is 18.3 Å². The number of halogens is 2. The van der Waals surface area contributed by atoms with Crippen molar-refractivity contribution in [1.29, 1.82) is 0 Å². The lowest BCUT2D eigenvalue weighted by Crippen LogP contribution is -2.40. The van der Waals surface area contributed by atoms with E-state index in [1.165, 1.54) is 25.9 Å². The molecule has 1 N–H and O–H groups in total. The molecule has 2 saturated heterocycles. The molecule has 2 fully saturated rings. The van der Waals surface area contributed by atoms with E-state index in [9.17, 15) is 8.78 Å². The van der Waals surface area contributed by atoms with Gasteiger partial charge in [-0.05, 0) is 52.3 Å². The number of benzene rings is 1. The molecule has 0 unspecified atom stereocenters. The summed E-state index contributed by atoms with van der Waals surface area (Å²) in [4.78, 5) is 13.7. The predicted molar refractivity (Wildman–Crippen MR) is 127 cm³/mol. The van der Waals surface area contributed by atoms with Gasteiger partial charge in [0.15, 0.2) is 11.5 Å². The van der Waals surface area contributed by atoms with Crippen LogP contribution in [0, 0.1) is 0 Å². The van der Waals surface area contributed by atoms with Crippen molar-refractivity contribution in [2.75, 3.05) is 56.7 Å². The lowest BCUT2D eigenvalue weighted by Gasteiger charge is -2.32. The van der Waals surface area contributed by atoms with Gasteiger partial charge in [-0.15, -0.1) is 0 Å². The number of nitrogens with zero attached hydrogens (tertiary/aromatic N) is 4. The van der Waals surface area contributed by atoms with E-state index in [0.29, 0.717) is 35.4 Å². The van der Waals surface area contributed by atoms with Gasteiger partial charge < -0.3 is 24.6 Å². The Morgan fingerprint density at radius 2 is 1.79 bits per heavy atom. The summed E-state index contributed by atoms with van der Waals surface area (Å²) in [6, 6.07) is 3.91. The second kappa shape index (κ2) is 10.2. The van der Waals surface area contributed by atoms with E-state index in [2.05, 4.69) is 10.2 Å². The number of alkyl halides is 2. The molecule has 0 bridgehead atoms. The van der Waals surface area contributed by atoms with Gasteiger partial charge in [-0.1, -0.05) is 0 Å². The summed E-state index contributed by atoms with van der Waals surface area (Å²) < 4.78 is 39.0. The molecule has 33 heavy (non-hydrogen) atoms. The van der Waals surface area contributed by atoms with E-state index in [0.717, 1.165) is 18.4 Å². The largest absolute Gasteiger partial charge is 0.493 e. The van der Waals surface area contributed by atoms with Gasteiger partial charge >= 0.3 is 0 Å². The molecule has 0 atom stereocenters. The second-order valence-electron chi connectivity index (χ2n) is 9.29. The zero-order valence-corrected chi connectivity index (χ0v) is 19.9. The Balaban J connectivity index is 1.58. The van der Waals surface area contributed by atoms with Crippen molar-refractivity contribution in [1.82, 2.24) is 14.9 Å². The van der Waals surface area contributed by atoms with Gasteiger partial charge in [-0.2, -0.15) is 4.98 Å². The van der Waals surface area contributed by atoms with Crippen LogP contribution in [0.15, 0.2) is 12.1 Å². The third-order valence-corrected chi connectivity index (χ3v) is 6.25. The molecule has 1 aromatic heterocycles. The average molecular weight is 464 g/mol. The van der Waals surface area contributed by atoms with E-state index in [4.69, 9.17) is 19.4 Å². The van der Waals surface area contributed by atoms with Gasteiger partial charge in [0.05, 0.1) is 19.2 Å². The maximum Gasteiger partial charge on any atom is 0.251 e. The van der Waals surface area contributed by atoms with E-state index >= 15 is 0 Å². The lowest BCUT2D eigenvalue weighted by atomic mass is 10.1. The lowest BCUT2D eigenvalue weighted by molar-refractivity contribution is -0.0222. The number of nitrogens with one attached hydrogen (secondary N) is 1. The van der Waals surface area contributed by atoms with Crippen LogP contribution < -0.4 is 19.7 Å². The molecule has 7 nitrogen and oxygen atoms in total. The number of methoxy groups -OCH3 is 1. The van der Waals surface area contributed by atoms with Crippen molar-refractivity contribution in [2.24, 2.45) is 0 Å². The molecule has 0 saturated carbocycles. The van der Waals surface area contributed by atoms with Crippen LogP contribution in [0.25, 0.3) is 10.9 Å². The summed E-state index contributed by atoms with van der Waals surface area (Å²) >= 11 is 0. The minimum absolute atomic E-state index is 0.147. The molecule has 0 spiro atoms. The number of hydrogen-bond donors (Lipinski definition) is 1. The van der Waals surface area contributed by atoms with E-state index in [1.807, 2.05) is 30.9 Å². The van der Waals surface area contributed by atoms with Crippen LogP contribution in [-0.2, 0) is 0 Å². The summed E-state index contributed by atoms with van der Waals surface area (Å²) in [5, 5.41) is 4.19. The first kappa shape index (κ1) is 23.7. The third kappa shape index (κ3) is 5.93. The zero-order valence-electron chi connectivity index (χ0n) is 19.9. The monoisotopic (exact) mass is 463 g/mol. The van der Waals surface area contributed by atoms with Gasteiger partial charge in [0, 0.05) is 50.0 Å². The van der Waals surface area contributed by atoms with E-state index < -0.39 is 5.92 Å². The van der Waals surface area contributed by atoms with Crippen molar-refractivity contribution in [3.63, 3.8) is 0 Å². The molecule has 0 radical (unpaired) electrons. The quantitative estimate of drug-likeness (QED) is 0.547. The van der Waals surface area contributed by atoms with Gasteiger partial charge in [-0.25, -0.2) is 13.8 Å². The van der Waals surface area contributed by atoms with Crippen LogP contribution in [0.1, 0.15) is 46.0 Å². The van der Waals surface area contributed by atoms with Gasteiger partial charge in [0.2, 0.25) is 5.95 Å². The van der Waals surface area contributed by atoms with Crippen LogP contribution >= 0.6 is 0 Å². The molecule has 2 aliphatic rings. The Hall–Kier alpha value is -2.42. The van der Waals surface area contributed by atoms with Crippen LogP contribution in [0.2, 0.25) is 0 Å². The first-order valence-corrected chi connectivity index (χ1v) is 12.0. The second-order valence-corrected chi connectivity index (χ2v) is 9.29. The summed E-state index contributed by atoms with van der Waals surface area (Å²) in [7, 11) is 1.62. The highest BCUT2D eigenvalue weighted by Crippen LogP contribution is 2.36. The fourth-order valence-electron chi connectivity index (χ4n) is 4.43. The normalized spacial score (nSPS) is 18.8. The van der Waals surface area contributed by atoms with Crippen LogP contribution in [0.4, 0.5) is 20.5 Å². The molecule has 182 valence electrons. The Kier molecular flexibility index (Phi) is 7.36. The SMILES string of the molecule is COc1cc2c(NC(C)C)nc(N3CCC(F)(F)CC3)nc2cc1OCCCN1CCCC1. The molecule has 2 aromatic rings. The fraction of sp³-hybridized carbons (Fsp3) is 0.667. The van der Waals surface area contributed by atoms with Crippen LogP contribution in [0.3, 0.4) is 0 Å².